The van der Waals surface area contributed by atoms with Crippen LogP contribution in [0.15, 0.2) is 34.9 Å². The fourth-order valence-electron chi connectivity index (χ4n) is 5.47. The van der Waals surface area contributed by atoms with Gasteiger partial charge in [0, 0.05) is 30.6 Å². The summed E-state index contributed by atoms with van der Waals surface area (Å²) in [5.41, 5.74) is -0.957. The van der Waals surface area contributed by atoms with Gasteiger partial charge in [0.25, 0.3) is 5.92 Å². The Morgan fingerprint density at radius 1 is 1.18 bits per heavy atom. The molecular weight excluding hydrogens is 566 g/mol. The molecule has 2 N–H and O–H groups in total. The third kappa shape index (κ3) is 5.05. The van der Waals surface area contributed by atoms with Crippen LogP contribution in [0.5, 0.6) is 5.75 Å². The number of amides is 2. The predicted molar refractivity (Wildman–Crippen MR) is 134 cm³/mol. The molecule has 1 aliphatic carbocycles. The van der Waals surface area contributed by atoms with Crippen LogP contribution in [0.4, 0.5) is 37.0 Å². The summed E-state index contributed by atoms with van der Waals surface area (Å²) < 4.78 is 99.3. The Kier molecular flexibility index (Phi) is 7.81. The summed E-state index contributed by atoms with van der Waals surface area (Å²) in [5.74, 6) is -6.62. The van der Waals surface area contributed by atoms with Crippen LogP contribution in [-0.2, 0) is 4.18 Å². The summed E-state index contributed by atoms with van der Waals surface area (Å²) in [6, 6.07) is 3.19. The highest BCUT2D eigenvalue weighted by molar-refractivity contribution is 7.92. The second-order valence-corrected chi connectivity index (χ2v) is 10.1. The van der Waals surface area contributed by atoms with Gasteiger partial charge in [-0.1, -0.05) is 11.2 Å². The number of nitrogens with two attached hydrogens (primary N) is 1. The quantitative estimate of drug-likeness (QED) is 0.207. The van der Waals surface area contributed by atoms with Crippen LogP contribution in [0.1, 0.15) is 19.3 Å². The van der Waals surface area contributed by atoms with Gasteiger partial charge in [-0.05, 0) is 43.4 Å². The normalized spacial score (nSPS) is 22.0. The lowest BCUT2D eigenvalue weighted by atomic mass is 9.93. The lowest BCUT2D eigenvalue weighted by Gasteiger charge is -2.37. The first-order valence-electron chi connectivity index (χ1n) is 12.3. The summed E-state index contributed by atoms with van der Waals surface area (Å²) in [5, 5.41) is 8.57. The molecule has 40 heavy (non-hydrogen) atoms. The Morgan fingerprint density at radius 2 is 1.85 bits per heavy atom. The van der Waals surface area contributed by atoms with E-state index in [-0.39, 0.29) is 47.8 Å². The average molecular weight is 591 g/mol. The maximum atomic E-state index is 15.0. The number of nitrogens with zero attached hydrogens (tertiary/aromatic N) is 3. The maximum absolute atomic E-state index is 15.0. The van der Waals surface area contributed by atoms with Crippen LogP contribution >= 0.6 is 12.2 Å². The molecular formula is C25H24F6N4O4S. The van der Waals surface area contributed by atoms with Crippen molar-refractivity contribution in [2.24, 2.45) is 17.0 Å². The highest BCUT2D eigenvalue weighted by atomic mass is 32.2. The molecule has 3 aromatic rings. The smallest absolute Gasteiger partial charge is 0.387 e. The molecule has 3 fully saturated rings. The van der Waals surface area contributed by atoms with Crippen LogP contribution < -0.4 is 14.8 Å². The second-order valence-electron chi connectivity index (χ2n) is 9.60. The number of benzene rings is 2. The number of carbonyl (C=O) groups excluding carboxylic acids is 1. The van der Waals surface area contributed by atoms with E-state index in [0.29, 0.717) is 12.8 Å². The minimum Gasteiger partial charge on any atom is -0.435 e. The highest BCUT2D eigenvalue weighted by Crippen LogP contribution is 2.53. The van der Waals surface area contributed by atoms with Gasteiger partial charge in [0.1, 0.15) is 17.4 Å². The van der Waals surface area contributed by atoms with Crippen molar-refractivity contribution < 1.29 is 44.6 Å². The van der Waals surface area contributed by atoms with Gasteiger partial charge in [-0.3, -0.25) is 10.0 Å². The number of hydrogen-bond acceptors (Lipinski definition) is 7. The molecule has 1 aromatic heterocycles. The number of anilines is 1. The number of hydrogen-bond donors (Lipinski definition) is 1. The van der Waals surface area contributed by atoms with Gasteiger partial charge in [-0.25, -0.2) is 22.4 Å². The van der Waals surface area contributed by atoms with Gasteiger partial charge in [-0.2, -0.15) is 8.78 Å². The van der Waals surface area contributed by atoms with Crippen molar-refractivity contribution in [1.82, 2.24) is 10.1 Å². The summed E-state index contributed by atoms with van der Waals surface area (Å²) in [6.07, 6.45) is 1.35. The zero-order valence-corrected chi connectivity index (χ0v) is 21.8. The molecule has 0 bridgehead atoms. The molecule has 3 aliphatic rings. The van der Waals surface area contributed by atoms with E-state index in [4.69, 9.17) is 9.66 Å². The first-order chi connectivity index (χ1) is 19.1. The first-order valence-corrected chi connectivity index (χ1v) is 13.1. The summed E-state index contributed by atoms with van der Waals surface area (Å²) >= 11 is 0.856. The van der Waals surface area contributed by atoms with Crippen molar-refractivity contribution in [3.8, 4) is 16.9 Å². The molecule has 0 radical (unpaired) electrons. The number of urea groups is 1. The van der Waals surface area contributed by atoms with E-state index in [1.165, 1.54) is 7.11 Å². The number of fused-ring (bicyclic) bond motifs is 2. The zero-order valence-electron chi connectivity index (χ0n) is 21.0. The Bertz CT molecular complexity index is 1380. The molecule has 2 saturated heterocycles. The van der Waals surface area contributed by atoms with Gasteiger partial charge >= 0.3 is 12.6 Å². The molecule has 15 heteroatoms. The number of aromatic nitrogens is 1. The monoisotopic (exact) mass is 590 g/mol. The lowest BCUT2D eigenvalue weighted by Crippen LogP contribution is -2.55. The molecule has 2 atom stereocenters. The Labute approximate surface area is 228 Å². The van der Waals surface area contributed by atoms with Crippen LogP contribution in [0.3, 0.4) is 0 Å². The number of carbonyl (C=O) groups is 1. The minimum atomic E-state index is -3.22. The summed E-state index contributed by atoms with van der Waals surface area (Å²) in [6.45, 7) is -3.46. The van der Waals surface area contributed by atoms with E-state index >= 15 is 8.78 Å². The molecule has 3 heterocycles. The lowest BCUT2D eigenvalue weighted by molar-refractivity contribution is -0.0690. The van der Waals surface area contributed by atoms with Crippen LogP contribution in [0, 0.1) is 23.5 Å². The van der Waals surface area contributed by atoms with Crippen LogP contribution in [0.25, 0.3) is 22.1 Å². The third-order valence-corrected chi connectivity index (χ3v) is 7.53. The molecule has 1 unspecified atom stereocenters. The Morgan fingerprint density at radius 3 is 2.45 bits per heavy atom. The first kappa shape index (κ1) is 28.4. The maximum Gasteiger partial charge on any atom is 0.387 e. The Hall–Kier alpha value is -3.17. The largest absolute Gasteiger partial charge is 0.435 e. The van der Waals surface area contributed by atoms with Gasteiger partial charge < -0.3 is 18.3 Å². The van der Waals surface area contributed by atoms with Gasteiger partial charge in [0.15, 0.2) is 11.4 Å². The standard InChI is InChI=1S/C24H19F6N3O3.CH5NOS/c25-15-2-1-3-16(26)19(15)13-8-12(35-22(27)28)9-17-20(13)21(31-36-17)32-7-6-18-24(29,30)14(11-4-5-11)10-33(18)23(32)34;1-3-4-2/h1-3,8-9,11,14,18,22H,4-7,10H2;2H2,1H3/t14?,18-;/m1./s1. The van der Waals surface area contributed by atoms with Crippen molar-refractivity contribution in [3.63, 3.8) is 0 Å². The number of rotatable bonds is 6. The summed E-state index contributed by atoms with van der Waals surface area (Å²) in [4.78, 5) is 15.6. The molecule has 8 nitrogen and oxygen atoms in total. The van der Waals surface area contributed by atoms with Crippen molar-refractivity contribution in [2.45, 2.75) is 37.8 Å². The zero-order chi connectivity index (χ0) is 28.8. The van der Waals surface area contributed by atoms with Crippen molar-refractivity contribution in [3.05, 3.63) is 42.0 Å². The van der Waals surface area contributed by atoms with Gasteiger partial charge in [0.2, 0.25) is 0 Å². The van der Waals surface area contributed by atoms with Crippen molar-refractivity contribution in [2.75, 3.05) is 25.1 Å². The third-order valence-electron chi connectivity index (χ3n) is 7.34. The Balaban J connectivity index is 0.000000758. The highest BCUT2D eigenvalue weighted by Gasteiger charge is 2.63. The van der Waals surface area contributed by atoms with Crippen molar-refractivity contribution >= 4 is 35.0 Å². The summed E-state index contributed by atoms with van der Waals surface area (Å²) in [7, 11) is 1.52. The minimum absolute atomic E-state index is 0.0304. The molecule has 2 amide bonds. The average Bonchev–Trinajstić information content (AvgIpc) is 3.59. The molecule has 2 aliphatic heterocycles. The van der Waals surface area contributed by atoms with E-state index in [2.05, 4.69) is 14.1 Å². The van der Waals surface area contributed by atoms with Crippen LogP contribution in [0.2, 0.25) is 0 Å². The number of ether oxygens (including phenoxy) is 1. The second kappa shape index (κ2) is 11.0. The number of halogens is 6. The molecule has 216 valence electrons. The topological polar surface area (TPSA) is 94.1 Å². The van der Waals surface area contributed by atoms with Crippen LogP contribution in [-0.4, -0.2) is 54.9 Å². The SMILES string of the molecule is COSN.O=C1N(c2noc3cc(OC(F)F)cc(-c4c(F)cccc4F)c23)CC[C@H]2N1CC(C1CC1)C2(F)F. The molecule has 0 spiro atoms. The van der Waals surface area contributed by atoms with E-state index < -0.39 is 53.5 Å². The van der Waals surface area contributed by atoms with E-state index in [1.54, 1.807) is 0 Å². The fourth-order valence-corrected chi connectivity index (χ4v) is 5.47. The number of alkyl halides is 4. The predicted octanol–water partition coefficient (Wildman–Crippen LogP) is 6.20. The van der Waals surface area contributed by atoms with E-state index in [9.17, 15) is 22.4 Å². The van der Waals surface area contributed by atoms with Crippen molar-refractivity contribution in [1.29, 1.82) is 0 Å². The van der Waals surface area contributed by atoms with E-state index in [0.717, 1.165) is 52.4 Å². The molecule has 2 aromatic carbocycles. The van der Waals surface area contributed by atoms with E-state index in [1.807, 2.05) is 0 Å². The van der Waals surface area contributed by atoms with Gasteiger partial charge in [-0.15, -0.1) is 0 Å². The molecule has 6 rings (SSSR count). The fraction of sp³-hybridized carbons (Fsp3) is 0.440. The molecule has 1 saturated carbocycles. The van der Waals surface area contributed by atoms with Gasteiger partial charge in [0.05, 0.1) is 36.3 Å².